The van der Waals surface area contributed by atoms with Crippen molar-refractivity contribution in [3.05, 3.63) is 0 Å². The van der Waals surface area contributed by atoms with Crippen LogP contribution in [0.25, 0.3) is 0 Å². The van der Waals surface area contributed by atoms with E-state index in [1.807, 2.05) is 0 Å². The molecule has 0 radical (unpaired) electrons. The molecule has 2 atom stereocenters. The van der Waals surface area contributed by atoms with Gasteiger partial charge in [-0.2, -0.15) is 0 Å². The van der Waals surface area contributed by atoms with E-state index < -0.39 is 0 Å². The second-order valence-electron chi connectivity index (χ2n) is 3.27. The molecule has 1 nitrogen and oxygen atoms in total. The number of fused-ring (bicyclic) bond motifs is 1. The Kier molecular flexibility index (Phi) is 0.762. The van der Waals surface area contributed by atoms with Crippen LogP contribution in [0.5, 0.6) is 0 Å². The van der Waals surface area contributed by atoms with Crippen LogP contribution in [-0.4, -0.2) is 23.0 Å². The number of hydrogen-bond donors (Lipinski definition) is 0. The molecular formula is C7H13N. The van der Waals surface area contributed by atoms with Gasteiger partial charge in [0.25, 0.3) is 0 Å². The number of hydrogen-bond acceptors (Lipinski definition) is 1. The van der Waals surface area contributed by atoms with Gasteiger partial charge >= 0.3 is 0 Å². The van der Waals surface area contributed by atoms with Crippen molar-refractivity contribution in [1.29, 1.82) is 0 Å². The normalized spacial score (nSPS) is 54.0. The number of piperidine rings is 1. The van der Waals surface area contributed by atoms with Crippen molar-refractivity contribution in [3.63, 3.8) is 0 Å². The summed E-state index contributed by atoms with van der Waals surface area (Å²) in [6, 6.07) is 2.81. The van der Waals surface area contributed by atoms with Crippen LogP contribution in [0.2, 0.25) is 0 Å². The first kappa shape index (κ1) is 4.80. The minimum atomic E-state index is 0.906. The molecule has 1 heteroatoms. The molecule has 46 valence electrons. The molecule has 0 amide bonds. The highest BCUT2D eigenvalue weighted by atomic mass is 15.3. The lowest BCUT2D eigenvalue weighted by atomic mass is 9.78. The van der Waals surface area contributed by atoms with Crippen molar-refractivity contribution in [2.45, 2.75) is 44.8 Å². The largest absolute Gasteiger partial charge is 0.295 e. The Hall–Kier alpha value is -0.0400. The third-order valence-corrected chi connectivity index (χ3v) is 2.67. The Balaban J connectivity index is 1.99. The van der Waals surface area contributed by atoms with Gasteiger partial charge in [0.15, 0.2) is 0 Å². The predicted octanol–water partition coefficient (Wildman–Crippen LogP) is 1.24. The van der Waals surface area contributed by atoms with E-state index in [0.29, 0.717) is 0 Å². The topological polar surface area (TPSA) is 3.24 Å². The summed E-state index contributed by atoms with van der Waals surface area (Å²) in [5.41, 5.74) is 0. The Morgan fingerprint density at radius 2 is 1.62 bits per heavy atom. The molecule has 2 aliphatic heterocycles. The second-order valence-corrected chi connectivity index (χ2v) is 3.27. The van der Waals surface area contributed by atoms with Crippen molar-refractivity contribution >= 4 is 0 Å². The highest BCUT2D eigenvalue weighted by Gasteiger charge is 2.46. The highest BCUT2D eigenvalue weighted by molar-refractivity contribution is 5.02. The van der Waals surface area contributed by atoms with E-state index in [0.717, 1.165) is 18.1 Å². The zero-order valence-electron chi connectivity index (χ0n) is 5.59. The molecule has 0 aromatic heterocycles. The minimum absolute atomic E-state index is 0.906. The van der Waals surface area contributed by atoms with E-state index >= 15 is 0 Å². The summed E-state index contributed by atoms with van der Waals surface area (Å²) < 4.78 is 0. The van der Waals surface area contributed by atoms with Gasteiger partial charge in [-0.15, -0.1) is 0 Å². The first-order chi connectivity index (χ1) is 3.79. The van der Waals surface area contributed by atoms with E-state index in [-0.39, 0.29) is 0 Å². The van der Waals surface area contributed by atoms with E-state index in [1.54, 1.807) is 0 Å². The van der Waals surface area contributed by atoms with Crippen LogP contribution < -0.4 is 0 Å². The SMILES string of the molecule is CC1CC2CC(C)N12. The fourth-order valence-electron chi connectivity index (χ4n) is 2.25. The summed E-state index contributed by atoms with van der Waals surface area (Å²) in [6.45, 7) is 4.65. The fraction of sp³-hybridized carbons (Fsp3) is 1.00. The lowest BCUT2D eigenvalue weighted by Crippen LogP contribution is -2.67. The van der Waals surface area contributed by atoms with Crippen molar-refractivity contribution in [2.24, 2.45) is 0 Å². The molecule has 2 aliphatic rings. The lowest BCUT2D eigenvalue weighted by Gasteiger charge is -2.60. The quantitative estimate of drug-likeness (QED) is 0.454. The molecule has 2 rings (SSSR count). The molecule has 2 unspecified atom stereocenters. The van der Waals surface area contributed by atoms with Gasteiger partial charge in [0.05, 0.1) is 0 Å². The van der Waals surface area contributed by atoms with Gasteiger partial charge in [-0.3, -0.25) is 4.90 Å². The van der Waals surface area contributed by atoms with E-state index in [2.05, 4.69) is 18.7 Å². The molecule has 0 saturated carbocycles. The summed E-state index contributed by atoms with van der Waals surface area (Å²) in [6.07, 6.45) is 2.93. The zero-order valence-corrected chi connectivity index (χ0v) is 5.59. The molecule has 0 aromatic carbocycles. The molecule has 0 bridgehead atoms. The average Bonchev–Trinajstić information content (AvgIpc) is 1.63. The molecule has 0 N–H and O–H groups in total. The molecule has 0 spiro atoms. The van der Waals surface area contributed by atoms with Crippen LogP contribution >= 0.6 is 0 Å². The molecule has 0 aromatic rings. The molecular weight excluding hydrogens is 98.1 g/mol. The maximum atomic E-state index is 2.61. The van der Waals surface area contributed by atoms with Gasteiger partial charge in [0, 0.05) is 18.1 Å². The first-order valence-corrected chi connectivity index (χ1v) is 3.56. The highest BCUT2D eigenvalue weighted by Crippen LogP contribution is 2.40. The van der Waals surface area contributed by atoms with Crippen LogP contribution in [0.1, 0.15) is 26.7 Å². The minimum Gasteiger partial charge on any atom is -0.295 e. The number of rotatable bonds is 0. The molecule has 2 saturated heterocycles. The summed E-state index contributed by atoms with van der Waals surface area (Å²) in [5.74, 6) is 0. The second kappa shape index (κ2) is 1.27. The molecule has 8 heavy (non-hydrogen) atoms. The molecule has 0 aliphatic carbocycles. The van der Waals surface area contributed by atoms with Crippen LogP contribution in [0, 0.1) is 0 Å². The van der Waals surface area contributed by atoms with E-state index in [9.17, 15) is 0 Å². The monoisotopic (exact) mass is 111 g/mol. The van der Waals surface area contributed by atoms with Crippen LogP contribution in [0.4, 0.5) is 0 Å². The summed E-state index contributed by atoms with van der Waals surface area (Å²) in [7, 11) is 0. The lowest BCUT2D eigenvalue weighted by molar-refractivity contribution is -0.103. The van der Waals surface area contributed by atoms with Crippen molar-refractivity contribution in [3.8, 4) is 0 Å². The number of nitrogens with zero attached hydrogens (tertiary/aromatic N) is 1. The Labute approximate surface area is 50.7 Å². The van der Waals surface area contributed by atoms with Gasteiger partial charge in [-0.05, 0) is 26.7 Å². The van der Waals surface area contributed by atoms with Gasteiger partial charge in [-0.1, -0.05) is 0 Å². The standard InChI is InChI=1S/C7H13N/c1-5-3-7-4-6(2)8(5)7/h5-7H,3-4H2,1-2H3. The Morgan fingerprint density at radius 3 is 1.75 bits per heavy atom. The van der Waals surface area contributed by atoms with Gasteiger partial charge in [0.1, 0.15) is 0 Å². The maximum Gasteiger partial charge on any atom is 0.0130 e. The summed E-state index contributed by atoms with van der Waals surface area (Å²) in [4.78, 5) is 2.61. The van der Waals surface area contributed by atoms with Gasteiger partial charge in [-0.25, -0.2) is 0 Å². The molecule has 2 fully saturated rings. The van der Waals surface area contributed by atoms with Gasteiger partial charge in [0.2, 0.25) is 0 Å². The van der Waals surface area contributed by atoms with Crippen molar-refractivity contribution in [2.75, 3.05) is 0 Å². The van der Waals surface area contributed by atoms with E-state index in [4.69, 9.17) is 0 Å². The van der Waals surface area contributed by atoms with E-state index in [1.165, 1.54) is 12.8 Å². The zero-order chi connectivity index (χ0) is 5.72. The average molecular weight is 111 g/mol. The smallest absolute Gasteiger partial charge is 0.0130 e. The third-order valence-electron chi connectivity index (χ3n) is 2.67. The van der Waals surface area contributed by atoms with Crippen LogP contribution in [0.15, 0.2) is 0 Å². The van der Waals surface area contributed by atoms with Crippen LogP contribution in [-0.2, 0) is 0 Å². The van der Waals surface area contributed by atoms with Gasteiger partial charge < -0.3 is 0 Å². The Morgan fingerprint density at radius 1 is 1.12 bits per heavy atom. The van der Waals surface area contributed by atoms with Crippen molar-refractivity contribution in [1.82, 2.24) is 4.90 Å². The predicted molar refractivity (Wildman–Crippen MR) is 33.8 cm³/mol. The third kappa shape index (κ3) is 0.368. The van der Waals surface area contributed by atoms with Crippen LogP contribution in [0.3, 0.4) is 0 Å². The first-order valence-electron chi connectivity index (χ1n) is 3.56. The van der Waals surface area contributed by atoms with Crippen molar-refractivity contribution < 1.29 is 0 Å². The Bertz CT molecular complexity index is 92.2. The maximum absolute atomic E-state index is 2.61. The summed E-state index contributed by atoms with van der Waals surface area (Å²) in [5, 5.41) is 0. The molecule has 2 heterocycles. The fourth-order valence-corrected chi connectivity index (χ4v) is 2.25. The summed E-state index contributed by atoms with van der Waals surface area (Å²) >= 11 is 0.